The van der Waals surface area contributed by atoms with E-state index in [4.69, 9.17) is 4.74 Å². The zero-order chi connectivity index (χ0) is 11.4. The second kappa shape index (κ2) is 5.16. The number of carbonyl (C=O) groups excluding carboxylic acids is 1. The van der Waals surface area contributed by atoms with Crippen molar-refractivity contribution in [3.63, 3.8) is 0 Å². The van der Waals surface area contributed by atoms with Crippen LogP contribution < -0.4 is 10.1 Å². The molecule has 3 nitrogen and oxygen atoms in total. The van der Waals surface area contributed by atoms with Crippen molar-refractivity contribution in [3.05, 3.63) is 28.8 Å². The predicted molar refractivity (Wildman–Crippen MR) is 63.6 cm³/mol. The van der Waals surface area contributed by atoms with E-state index in [0.717, 1.165) is 22.4 Å². The number of hydrogen-bond donors (Lipinski definition) is 1. The first-order chi connectivity index (χ1) is 7.04. The van der Waals surface area contributed by atoms with Gasteiger partial charge in [-0.25, -0.2) is 0 Å². The van der Waals surface area contributed by atoms with Crippen LogP contribution in [0.3, 0.4) is 0 Å². The standard InChI is InChI=1S/C11H14BrNO2/c1-7-5-10(15-3)8(2)4-9(7)6-13-11(12)14/h4-5H,6H2,1-3H3,(H,13,14). The van der Waals surface area contributed by atoms with Crippen molar-refractivity contribution in [1.29, 1.82) is 0 Å². The molecule has 1 rings (SSSR count). The fraction of sp³-hybridized carbons (Fsp3) is 0.364. The summed E-state index contributed by atoms with van der Waals surface area (Å²) in [6.07, 6.45) is 0. The molecule has 0 radical (unpaired) electrons. The normalized spacial score (nSPS) is 9.87. The Morgan fingerprint density at radius 1 is 1.40 bits per heavy atom. The van der Waals surface area contributed by atoms with Gasteiger partial charge >= 0.3 is 0 Å². The number of nitrogens with one attached hydrogen (secondary N) is 1. The highest BCUT2D eigenvalue weighted by Crippen LogP contribution is 2.22. The molecule has 0 aliphatic carbocycles. The van der Waals surface area contributed by atoms with Gasteiger partial charge < -0.3 is 10.1 Å². The molecule has 0 atom stereocenters. The molecule has 1 N–H and O–H groups in total. The fourth-order valence-electron chi connectivity index (χ4n) is 1.42. The van der Waals surface area contributed by atoms with Crippen LogP contribution in [0.2, 0.25) is 0 Å². The van der Waals surface area contributed by atoms with E-state index in [-0.39, 0.29) is 4.82 Å². The van der Waals surface area contributed by atoms with Crippen LogP contribution in [0.25, 0.3) is 0 Å². The van der Waals surface area contributed by atoms with Gasteiger partial charge in [-0.1, -0.05) is 6.07 Å². The molecule has 4 heteroatoms. The zero-order valence-corrected chi connectivity index (χ0v) is 10.6. The summed E-state index contributed by atoms with van der Waals surface area (Å²) < 4.78 is 5.21. The Morgan fingerprint density at radius 3 is 2.60 bits per heavy atom. The summed E-state index contributed by atoms with van der Waals surface area (Å²) in [6, 6.07) is 4.00. The number of ether oxygens (including phenoxy) is 1. The van der Waals surface area contributed by atoms with E-state index in [0.29, 0.717) is 6.54 Å². The van der Waals surface area contributed by atoms with Crippen LogP contribution in [-0.2, 0) is 6.54 Å². The number of benzene rings is 1. The molecule has 1 aromatic carbocycles. The average Bonchev–Trinajstić information content (AvgIpc) is 2.18. The molecule has 0 heterocycles. The molecule has 0 unspecified atom stereocenters. The van der Waals surface area contributed by atoms with Gasteiger partial charge in [0.15, 0.2) is 0 Å². The number of aryl methyl sites for hydroxylation is 2. The topological polar surface area (TPSA) is 38.3 Å². The summed E-state index contributed by atoms with van der Waals surface area (Å²) in [5, 5.41) is 2.70. The smallest absolute Gasteiger partial charge is 0.287 e. The molecule has 0 aliphatic rings. The first kappa shape index (κ1) is 12.0. The summed E-state index contributed by atoms with van der Waals surface area (Å²) in [5.74, 6) is 0.876. The highest BCUT2D eigenvalue weighted by Gasteiger charge is 2.05. The summed E-state index contributed by atoms with van der Waals surface area (Å²) >= 11 is 2.83. The molecule has 0 fully saturated rings. The number of methoxy groups -OCH3 is 1. The van der Waals surface area contributed by atoms with Gasteiger partial charge in [0.25, 0.3) is 4.82 Å². The molecule has 1 aromatic rings. The first-order valence-corrected chi connectivity index (χ1v) is 5.41. The summed E-state index contributed by atoms with van der Waals surface area (Å²) in [5.41, 5.74) is 3.28. The Morgan fingerprint density at radius 2 is 2.07 bits per heavy atom. The maximum atomic E-state index is 10.7. The van der Waals surface area contributed by atoms with Crippen molar-refractivity contribution in [3.8, 4) is 5.75 Å². The van der Waals surface area contributed by atoms with Gasteiger partial charge in [-0.2, -0.15) is 0 Å². The number of amides is 1. The lowest BCUT2D eigenvalue weighted by atomic mass is 10.0. The van der Waals surface area contributed by atoms with Crippen molar-refractivity contribution in [2.24, 2.45) is 0 Å². The Bertz CT molecular complexity index is 377. The molecule has 0 saturated carbocycles. The molecule has 15 heavy (non-hydrogen) atoms. The minimum Gasteiger partial charge on any atom is -0.496 e. The maximum absolute atomic E-state index is 10.7. The average molecular weight is 272 g/mol. The summed E-state index contributed by atoms with van der Waals surface area (Å²) in [4.78, 5) is 10.5. The van der Waals surface area contributed by atoms with Gasteiger partial charge in [0.1, 0.15) is 5.75 Å². The Hall–Kier alpha value is -1.03. The molecule has 1 amide bonds. The zero-order valence-electron chi connectivity index (χ0n) is 9.06. The SMILES string of the molecule is COc1cc(C)c(CNC(=O)Br)cc1C. The van der Waals surface area contributed by atoms with Crippen molar-refractivity contribution in [1.82, 2.24) is 5.32 Å². The van der Waals surface area contributed by atoms with Crippen molar-refractivity contribution >= 4 is 20.7 Å². The second-order valence-electron chi connectivity index (χ2n) is 3.38. The Labute approximate surface area is 97.9 Å². The van der Waals surface area contributed by atoms with Gasteiger partial charge in [-0.15, -0.1) is 0 Å². The molecule has 0 bridgehead atoms. The van der Waals surface area contributed by atoms with E-state index in [2.05, 4.69) is 21.2 Å². The van der Waals surface area contributed by atoms with Crippen LogP contribution in [0.5, 0.6) is 5.75 Å². The van der Waals surface area contributed by atoms with Crippen LogP contribution in [0.1, 0.15) is 16.7 Å². The Kier molecular flexibility index (Phi) is 4.15. The van der Waals surface area contributed by atoms with Crippen LogP contribution in [0, 0.1) is 13.8 Å². The maximum Gasteiger partial charge on any atom is 0.287 e. The number of carbonyl (C=O) groups is 1. The van der Waals surface area contributed by atoms with Crippen molar-refractivity contribution in [2.45, 2.75) is 20.4 Å². The number of hydrogen-bond acceptors (Lipinski definition) is 2. The third-order valence-corrected chi connectivity index (χ3v) is 2.55. The highest BCUT2D eigenvalue weighted by atomic mass is 79.9. The lowest BCUT2D eigenvalue weighted by Gasteiger charge is -2.11. The summed E-state index contributed by atoms with van der Waals surface area (Å²) in [6.45, 7) is 4.51. The summed E-state index contributed by atoms with van der Waals surface area (Å²) in [7, 11) is 1.65. The third-order valence-electron chi connectivity index (χ3n) is 2.27. The third kappa shape index (κ3) is 3.23. The van der Waals surface area contributed by atoms with Crippen molar-refractivity contribution < 1.29 is 9.53 Å². The number of halogens is 1. The van der Waals surface area contributed by atoms with Crippen LogP contribution in [0.4, 0.5) is 4.79 Å². The molecule has 0 aliphatic heterocycles. The molecular formula is C11H14BrNO2. The lowest BCUT2D eigenvalue weighted by molar-refractivity contribution is 0.261. The number of rotatable bonds is 3. The van der Waals surface area contributed by atoms with Gasteiger partial charge in [0, 0.05) is 22.5 Å². The van der Waals surface area contributed by atoms with Crippen LogP contribution >= 0.6 is 15.9 Å². The largest absolute Gasteiger partial charge is 0.496 e. The van der Waals surface area contributed by atoms with E-state index in [1.807, 2.05) is 26.0 Å². The van der Waals surface area contributed by atoms with Crippen molar-refractivity contribution in [2.75, 3.05) is 7.11 Å². The Balaban J connectivity index is 2.90. The minimum atomic E-state index is -0.199. The van der Waals surface area contributed by atoms with Crippen LogP contribution in [0.15, 0.2) is 12.1 Å². The van der Waals surface area contributed by atoms with E-state index < -0.39 is 0 Å². The van der Waals surface area contributed by atoms with E-state index in [1.165, 1.54) is 0 Å². The molecule has 0 aromatic heterocycles. The fourth-order valence-corrected chi connectivity index (χ4v) is 1.56. The quantitative estimate of drug-likeness (QED) is 0.678. The van der Waals surface area contributed by atoms with Crippen LogP contribution in [-0.4, -0.2) is 11.9 Å². The van der Waals surface area contributed by atoms with Gasteiger partial charge in [0.05, 0.1) is 7.11 Å². The van der Waals surface area contributed by atoms with Gasteiger partial charge in [-0.3, -0.25) is 4.79 Å². The predicted octanol–water partition coefficient (Wildman–Crippen LogP) is 2.92. The van der Waals surface area contributed by atoms with E-state index in [9.17, 15) is 4.79 Å². The molecular weight excluding hydrogens is 258 g/mol. The van der Waals surface area contributed by atoms with Gasteiger partial charge in [-0.05, 0) is 36.6 Å². The second-order valence-corrected chi connectivity index (χ2v) is 4.10. The lowest BCUT2D eigenvalue weighted by Crippen LogP contribution is -2.16. The molecule has 0 spiro atoms. The minimum absolute atomic E-state index is 0.199. The first-order valence-electron chi connectivity index (χ1n) is 4.62. The van der Waals surface area contributed by atoms with Gasteiger partial charge in [0.2, 0.25) is 0 Å². The monoisotopic (exact) mass is 271 g/mol. The van der Waals surface area contributed by atoms with E-state index >= 15 is 0 Å². The van der Waals surface area contributed by atoms with E-state index in [1.54, 1.807) is 7.11 Å². The highest BCUT2D eigenvalue weighted by molar-refractivity contribution is 9.18. The molecule has 0 saturated heterocycles. The molecule has 82 valence electrons.